The van der Waals surface area contributed by atoms with Crippen LogP contribution in [0.4, 0.5) is 0 Å². The molecular weight excluding hydrogens is 444 g/mol. The molecule has 2 N–H and O–H groups in total. The van der Waals surface area contributed by atoms with Crippen molar-refractivity contribution >= 4 is 17.8 Å². The quantitative estimate of drug-likeness (QED) is 0.535. The van der Waals surface area contributed by atoms with E-state index in [9.17, 15) is 14.4 Å². The summed E-state index contributed by atoms with van der Waals surface area (Å²) >= 11 is 0. The van der Waals surface area contributed by atoms with E-state index in [0.717, 1.165) is 11.1 Å². The van der Waals surface area contributed by atoms with Gasteiger partial charge < -0.3 is 14.8 Å². The third kappa shape index (κ3) is 4.42. The number of rotatable bonds is 6. The Hall–Kier alpha value is -3.97. The molecule has 1 heterocycles. The highest BCUT2D eigenvalue weighted by molar-refractivity contribution is 6.00. The maximum Gasteiger partial charge on any atom is 0.334 e. The third-order valence-corrected chi connectivity index (χ3v) is 6.49. The van der Waals surface area contributed by atoms with Gasteiger partial charge in [0.1, 0.15) is 6.04 Å². The van der Waals surface area contributed by atoms with E-state index in [4.69, 9.17) is 9.47 Å². The van der Waals surface area contributed by atoms with Crippen molar-refractivity contribution in [1.82, 2.24) is 10.6 Å². The average molecular weight is 473 g/mol. The molecule has 1 aliphatic rings. The first kappa shape index (κ1) is 24.2. The normalized spacial score (nSPS) is 23.3. The second-order valence-corrected chi connectivity index (χ2v) is 8.58. The van der Waals surface area contributed by atoms with Gasteiger partial charge in [0.2, 0.25) is 0 Å². The summed E-state index contributed by atoms with van der Waals surface area (Å²) < 4.78 is 10.4. The molecule has 1 amide bonds. The average Bonchev–Trinajstić information content (AvgIpc) is 3.24. The van der Waals surface area contributed by atoms with Crippen LogP contribution in [0.1, 0.15) is 39.0 Å². The van der Waals surface area contributed by atoms with E-state index in [0.29, 0.717) is 11.1 Å². The second kappa shape index (κ2) is 10.1. The molecule has 3 aromatic carbocycles. The first-order valence-corrected chi connectivity index (χ1v) is 11.3. The van der Waals surface area contributed by atoms with E-state index in [1.54, 1.807) is 30.3 Å². The van der Waals surface area contributed by atoms with Crippen LogP contribution in [-0.4, -0.2) is 43.6 Å². The zero-order valence-corrected chi connectivity index (χ0v) is 19.9. The number of ether oxygens (including phenoxy) is 2. The van der Waals surface area contributed by atoms with Crippen molar-refractivity contribution in [3.8, 4) is 0 Å². The lowest BCUT2D eigenvalue weighted by molar-refractivity contribution is -0.150. The van der Waals surface area contributed by atoms with Crippen LogP contribution in [-0.2, 0) is 19.1 Å². The maximum atomic E-state index is 13.8. The van der Waals surface area contributed by atoms with E-state index in [-0.39, 0.29) is 0 Å². The number of hydrogen-bond acceptors (Lipinski definition) is 6. The lowest BCUT2D eigenvalue weighted by atomic mass is 9.73. The lowest BCUT2D eigenvalue weighted by Crippen LogP contribution is -2.61. The Morgan fingerprint density at radius 1 is 0.829 bits per heavy atom. The van der Waals surface area contributed by atoms with Gasteiger partial charge in [0.15, 0.2) is 5.54 Å². The third-order valence-electron chi connectivity index (χ3n) is 6.49. The highest BCUT2D eigenvalue weighted by Gasteiger charge is 2.64. The molecule has 0 spiro atoms. The maximum absolute atomic E-state index is 13.8. The molecule has 4 atom stereocenters. The Morgan fingerprint density at radius 2 is 1.46 bits per heavy atom. The van der Waals surface area contributed by atoms with Crippen molar-refractivity contribution in [3.63, 3.8) is 0 Å². The van der Waals surface area contributed by atoms with E-state index in [1.807, 2.05) is 61.5 Å². The summed E-state index contributed by atoms with van der Waals surface area (Å²) in [5.41, 5.74) is 1.11. The fraction of sp³-hybridized carbons (Fsp3) is 0.250. The van der Waals surface area contributed by atoms with Gasteiger partial charge in [-0.2, -0.15) is 0 Å². The first-order chi connectivity index (χ1) is 16.9. The molecule has 1 aliphatic heterocycles. The van der Waals surface area contributed by atoms with Gasteiger partial charge in [-0.05, 0) is 30.2 Å². The number of amides is 1. The van der Waals surface area contributed by atoms with Gasteiger partial charge in [-0.3, -0.25) is 14.9 Å². The topological polar surface area (TPSA) is 93.7 Å². The van der Waals surface area contributed by atoms with Gasteiger partial charge in [-0.15, -0.1) is 0 Å². The van der Waals surface area contributed by atoms with Crippen LogP contribution in [0.15, 0.2) is 84.9 Å². The zero-order valence-electron chi connectivity index (χ0n) is 19.9. The number of carbonyl (C=O) groups is 3. The summed E-state index contributed by atoms with van der Waals surface area (Å²) in [5, 5.41) is 6.31. The fourth-order valence-corrected chi connectivity index (χ4v) is 4.97. The van der Waals surface area contributed by atoms with Crippen molar-refractivity contribution in [2.24, 2.45) is 0 Å². The van der Waals surface area contributed by atoms with Gasteiger partial charge in [0.25, 0.3) is 5.91 Å². The summed E-state index contributed by atoms with van der Waals surface area (Å²) in [4.78, 5) is 40.4. The molecule has 3 aromatic rings. The summed E-state index contributed by atoms with van der Waals surface area (Å²) in [6.07, 6.45) is 0. The smallest absolute Gasteiger partial charge is 0.334 e. The predicted molar refractivity (Wildman–Crippen MR) is 131 cm³/mol. The molecule has 1 saturated heterocycles. The highest BCUT2D eigenvalue weighted by atomic mass is 16.5. The molecule has 0 radical (unpaired) electrons. The molecule has 1 fully saturated rings. The predicted octanol–water partition coefficient (Wildman–Crippen LogP) is 3.31. The van der Waals surface area contributed by atoms with Crippen LogP contribution in [0.3, 0.4) is 0 Å². The standard InChI is InChI=1S/C28H28N2O5/c1-18-11-10-16-21(17-18)24-28(27(33)35-3,30-25(31)20-14-8-5-9-15-20)22(19-12-6-4-7-13-19)23(29-24)26(32)34-2/h4-17,22-24,29H,1-3H3,(H,30,31). The molecular formula is C28H28N2O5. The summed E-state index contributed by atoms with van der Waals surface area (Å²) in [6.45, 7) is 1.94. The number of methoxy groups -OCH3 is 2. The van der Waals surface area contributed by atoms with Crippen LogP contribution in [0, 0.1) is 6.92 Å². The Bertz CT molecular complexity index is 1210. The molecule has 0 bridgehead atoms. The van der Waals surface area contributed by atoms with Crippen LogP contribution in [0.25, 0.3) is 0 Å². The molecule has 7 nitrogen and oxygen atoms in total. The lowest BCUT2D eigenvalue weighted by Gasteiger charge is -2.38. The number of hydrogen-bond donors (Lipinski definition) is 2. The SMILES string of the molecule is COC(=O)C1NC(c2cccc(C)c2)C(NC(=O)c2ccccc2)(C(=O)OC)C1c1ccccc1. The van der Waals surface area contributed by atoms with Crippen molar-refractivity contribution in [2.75, 3.05) is 14.2 Å². The van der Waals surface area contributed by atoms with E-state index >= 15 is 0 Å². The minimum absolute atomic E-state index is 0.382. The van der Waals surface area contributed by atoms with E-state index in [1.165, 1.54) is 14.2 Å². The largest absolute Gasteiger partial charge is 0.468 e. The van der Waals surface area contributed by atoms with Gasteiger partial charge in [-0.25, -0.2) is 4.79 Å². The Kier molecular flexibility index (Phi) is 6.98. The summed E-state index contributed by atoms with van der Waals surface area (Å²) in [7, 11) is 2.58. The van der Waals surface area contributed by atoms with Crippen LogP contribution < -0.4 is 10.6 Å². The Labute approximate surface area is 204 Å². The van der Waals surface area contributed by atoms with Crippen LogP contribution in [0.2, 0.25) is 0 Å². The molecule has 0 saturated carbocycles. The van der Waals surface area contributed by atoms with E-state index < -0.39 is 41.4 Å². The van der Waals surface area contributed by atoms with Crippen molar-refractivity contribution in [2.45, 2.75) is 30.5 Å². The fourth-order valence-electron chi connectivity index (χ4n) is 4.97. The van der Waals surface area contributed by atoms with Gasteiger partial charge in [0, 0.05) is 11.5 Å². The summed E-state index contributed by atoms with van der Waals surface area (Å²) in [6, 6.07) is 23.7. The van der Waals surface area contributed by atoms with Crippen molar-refractivity contribution in [1.29, 1.82) is 0 Å². The number of esters is 2. The number of aryl methyl sites for hydroxylation is 1. The monoisotopic (exact) mass is 472 g/mol. The number of carbonyl (C=O) groups excluding carboxylic acids is 3. The Balaban J connectivity index is 1.97. The minimum atomic E-state index is -1.66. The van der Waals surface area contributed by atoms with Crippen LogP contribution in [0.5, 0.6) is 0 Å². The van der Waals surface area contributed by atoms with Gasteiger partial charge in [-0.1, -0.05) is 78.4 Å². The van der Waals surface area contributed by atoms with Gasteiger partial charge in [0.05, 0.1) is 20.3 Å². The van der Waals surface area contributed by atoms with Crippen molar-refractivity contribution < 1.29 is 23.9 Å². The molecule has 4 unspecified atom stereocenters. The Morgan fingerprint density at radius 3 is 2.06 bits per heavy atom. The van der Waals surface area contributed by atoms with E-state index in [2.05, 4.69) is 10.6 Å². The number of benzene rings is 3. The first-order valence-electron chi connectivity index (χ1n) is 11.3. The molecule has 180 valence electrons. The van der Waals surface area contributed by atoms with Crippen LogP contribution >= 0.6 is 0 Å². The molecule has 0 aliphatic carbocycles. The number of nitrogens with one attached hydrogen (secondary N) is 2. The highest BCUT2D eigenvalue weighted by Crippen LogP contribution is 2.48. The minimum Gasteiger partial charge on any atom is -0.468 e. The molecule has 35 heavy (non-hydrogen) atoms. The molecule has 7 heteroatoms. The molecule has 4 rings (SSSR count). The van der Waals surface area contributed by atoms with Crippen molar-refractivity contribution in [3.05, 3.63) is 107 Å². The second-order valence-electron chi connectivity index (χ2n) is 8.58. The summed E-state index contributed by atoms with van der Waals surface area (Å²) in [5.74, 6) is -2.49. The molecule has 0 aromatic heterocycles. The zero-order chi connectivity index (χ0) is 25.0. The van der Waals surface area contributed by atoms with Gasteiger partial charge >= 0.3 is 11.9 Å².